The lowest BCUT2D eigenvalue weighted by Crippen LogP contribution is -2.38. The van der Waals surface area contributed by atoms with Crippen molar-refractivity contribution in [3.63, 3.8) is 0 Å². The molecule has 0 bridgehead atoms. The first kappa shape index (κ1) is 29.3. The SMILES string of the molecule is CN(CCNC(=O)c1cc2c3c(cccc3n1)C(=O)c1ccccc1-2)CCNC(=O)c1cc2c3c(cccc3n1)C(=O)c1ccccc1-2. The molecule has 48 heavy (non-hydrogen) atoms. The smallest absolute Gasteiger partial charge is 0.269 e. The molecule has 4 aromatic carbocycles. The Balaban J connectivity index is 0.903. The first-order chi connectivity index (χ1) is 23.4. The van der Waals surface area contributed by atoms with Gasteiger partial charge in [0.25, 0.3) is 11.8 Å². The van der Waals surface area contributed by atoms with E-state index in [1.807, 2.05) is 72.6 Å². The summed E-state index contributed by atoms with van der Waals surface area (Å²) in [6.07, 6.45) is 0. The third-order valence-electron chi connectivity index (χ3n) is 9.10. The summed E-state index contributed by atoms with van der Waals surface area (Å²) in [5.41, 5.74) is 7.45. The lowest BCUT2D eigenvalue weighted by molar-refractivity contribution is 0.0944. The molecule has 2 aromatic heterocycles. The number of carbonyl (C=O) groups excluding carboxylic acids is 4. The molecule has 2 heterocycles. The molecular formula is C39H29N5O4. The highest BCUT2D eigenvalue weighted by atomic mass is 16.2. The molecule has 0 spiro atoms. The molecule has 9 nitrogen and oxygen atoms in total. The predicted molar refractivity (Wildman–Crippen MR) is 183 cm³/mol. The average molecular weight is 632 g/mol. The predicted octanol–water partition coefficient (Wildman–Crippen LogP) is 5.30. The zero-order valence-corrected chi connectivity index (χ0v) is 26.0. The fourth-order valence-electron chi connectivity index (χ4n) is 6.75. The van der Waals surface area contributed by atoms with Crippen LogP contribution in [0.4, 0.5) is 0 Å². The number of fused-ring (bicyclic) bond motifs is 4. The van der Waals surface area contributed by atoms with Gasteiger partial charge >= 0.3 is 0 Å². The van der Waals surface area contributed by atoms with Gasteiger partial charge in [-0.05, 0) is 53.6 Å². The van der Waals surface area contributed by atoms with Crippen molar-refractivity contribution in [1.82, 2.24) is 25.5 Å². The molecular weight excluding hydrogens is 602 g/mol. The van der Waals surface area contributed by atoms with Crippen LogP contribution in [0.2, 0.25) is 0 Å². The number of aromatic nitrogens is 2. The molecule has 2 N–H and O–H groups in total. The van der Waals surface area contributed by atoms with E-state index < -0.39 is 0 Å². The van der Waals surface area contributed by atoms with Gasteiger partial charge in [0.15, 0.2) is 11.6 Å². The fourth-order valence-corrected chi connectivity index (χ4v) is 6.75. The Morgan fingerprint density at radius 1 is 0.542 bits per heavy atom. The van der Waals surface area contributed by atoms with Crippen molar-refractivity contribution in [2.24, 2.45) is 0 Å². The monoisotopic (exact) mass is 631 g/mol. The topological polar surface area (TPSA) is 121 Å². The molecule has 6 aromatic rings. The number of benzene rings is 4. The van der Waals surface area contributed by atoms with Gasteiger partial charge < -0.3 is 15.5 Å². The lowest BCUT2D eigenvalue weighted by atomic mass is 9.84. The zero-order chi connectivity index (χ0) is 32.9. The molecule has 0 aliphatic heterocycles. The maximum absolute atomic E-state index is 13.2. The maximum Gasteiger partial charge on any atom is 0.269 e. The van der Waals surface area contributed by atoms with Crippen LogP contribution in [0.25, 0.3) is 44.1 Å². The second-order valence-electron chi connectivity index (χ2n) is 12.1. The Morgan fingerprint density at radius 3 is 1.38 bits per heavy atom. The summed E-state index contributed by atoms with van der Waals surface area (Å²) in [5.74, 6) is -0.676. The number of carbonyl (C=O) groups is 4. The first-order valence-corrected chi connectivity index (χ1v) is 15.8. The van der Waals surface area contributed by atoms with E-state index in [2.05, 4.69) is 20.6 Å². The van der Waals surface area contributed by atoms with Crippen LogP contribution in [-0.4, -0.2) is 71.5 Å². The van der Waals surface area contributed by atoms with Crippen molar-refractivity contribution < 1.29 is 19.2 Å². The second kappa shape index (κ2) is 11.6. The van der Waals surface area contributed by atoms with Crippen LogP contribution in [-0.2, 0) is 0 Å². The summed E-state index contributed by atoms with van der Waals surface area (Å²) < 4.78 is 0. The number of nitrogens with zero attached hydrogens (tertiary/aromatic N) is 3. The van der Waals surface area contributed by atoms with Crippen molar-refractivity contribution in [3.8, 4) is 22.3 Å². The van der Waals surface area contributed by atoms with Gasteiger partial charge in [0.05, 0.1) is 11.0 Å². The largest absolute Gasteiger partial charge is 0.349 e. The van der Waals surface area contributed by atoms with Gasteiger partial charge in [-0.1, -0.05) is 72.8 Å². The van der Waals surface area contributed by atoms with Gasteiger partial charge in [-0.25, -0.2) is 9.97 Å². The molecule has 0 atom stereocenters. The van der Waals surface area contributed by atoms with Crippen LogP contribution in [0, 0.1) is 0 Å². The minimum Gasteiger partial charge on any atom is -0.349 e. The Morgan fingerprint density at radius 2 is 0.938 bits per heavy atom. The summed E-state index contributed by atoms with van der Waals surface area (Å²) >= 11 is 0. The fraction of sp³-hybridized carbons (Fsp3) is 0.128. The highest BCUT2D eigenvalue weighted by Crippen LogP contribution is 2.40. The second-order valence-corrected chi connectivity index (χ2v) is 12.1. The van der Waals surface area contributed by atoms with Crippen molar-refractivity contribution in [2.45, 2.75) is 0 Å². The number of rotatable bonds is 8. The van der Waals surface area contributed by atoms with Crippen molar-refractivity contribution >= 4 is 45.2 Å². The van der Waals surface area contributed by atoms with Crippen LogP contribution in [0.5, 0.6) is 0 Å². The molecule has 234 valence electrons. The van der Waals surface area contributed by atoms with Gasteiger partial charge in [0.2, 0.25) is 0 Å². The normalized spacial score (nSPS) is 12.6. The third kappa shape index (κ3) is 4.83. The van der Waals surface area contributed by atoms with Gasteiger partial charge in [-0.3, -0.25) is 19.2 Å². The summed E-state index contributed by atoms with van der Waals surface area (Å²) in [6, 6.07) is 29.2. The molecule has 0 radical (unpaired) electrons. The summed E-state index contributed by atoms with van der Waals surface area (Å²) in [5, 5.41) is 7.44. The minimum absolute atomic E-state index is 0.0395. The van der Waals surface area contributed by atoms with E-state index in [-0.39, 0.29) is 34.8 Å². The highest BCUT2D eigenvalue weighted by Gasteiger charge is 2.28. The minimum atomic E-state index is -0.299. The summed E-state index contributed by atoms with van der Waals surface area (Å²) in [7, 11) is 1.92. The number of hydrogen-bond donors (Lipinski definition) is 2. The number of ketones is 2. The Kier molecular flexibility index (Phi) is 7.11. The van der Waals surface area contributed by atoms with Crippen molar-refractivity contribution in [3.05, 3.63) is 131 Å². The third-order valence-corrected chi connectivity index (χ3v) is 9.10. The standard InChI is InChI=1S/C39H29N5O4/c1-44(18-16-40-38(47)32-20-28-22-8-2-4-10-24(22)36(45)26-12-6-14-30(42-32)34(26)28)19-17-41-39(48)33-21-29-23-9-3-5-11-25(23)37(46)27-13-7-15-31(43-33)35(27)29/h2-15,20-21H,16-19H2,1H3,(H,40,47)(H,41,48). The van der Waals surface area contributed by atoms with Crippen LogP contribution in [0.3, 0.4) is 0 Å². The van der Waals surface area contributed by atoms with Gasteiger partial charge in [-0.2, -0.15) is 0 Å². The Bertz CT molecular complexity index is 2200. The number of nitrogens with one attached hydrogen (secondary N) is 2. The number of hydrogen-bond acceptors (Lipinski definition) is 7. The van der Waals surface area contributed by atoms with Crippen LogP contribution in [0.15, 0.2) is 97.1 Å². The first-order valence-electron chi connectivity index (χ1n) is 15.8. The van der Waals surface area contributed by atoms with Gasteiger partial charge in [0, 0.05) is 59.2 Å². The highest BCUT2D eigenvalue weighted by molar-refractivity contribution is 6.26. The molecule has 2 amide bonds. The molecule has 0 fully saturated rings. The van der Waals surface area contributed by atoms with Crippen LogP contribution >= 0.6 is 0 Å². The number of pyridine rings is 2. The molecule has 0 unspecified atom stereocenters. The van der Waals surface area contributed by atoms with Crippen LogP contribution in [0.1, 0.15) is 52.8 Å². The van der Waals surface area contributed by atoms with E-state index >= 15 is 0 Å². The lowest BCUT2D eigenvalue weighted by Gasteiger charge is -2.21. The van der Waals surface area contributed by atoms with E-state index in [1.54, 1.807) is 36.4 Å². The van der Waals surface area contributed by atoms with E-state index in [1.165, 1.54) is 0 Å². The number of amides is 2. The molecule has 9 heteroatoms. The molecule has 0 saturated carbocycles. The molecule has 0 saturated heterocycles. The Hall–Kier alpha value is -6.06. The van der Waals surface area contributed by atoms with Gasteiger partial charge in [0.1, 0.15) is 11.4 Å². The molecule has 2 aliphatic carbocycles. The van der Waals surface area contributed by atoms with E-state index in [9.17, 15) is 19.2 Å². The molecule has 8 rings (SSSR count). The van der Waals surface area contributed by atoms with Gasteiger partial charge in [-0.15, -0.1) is 0 Å². The quantitative estimate of drug-likeness (QED) is 0.234. The van der Waals surface area contributed by atoms with E-state index in [0.29, 0.717) is 59.5 Å². The van der Waals surface area contributed by atoms with Crippen LogP contribution < -0.4 is 10.6 Å². The number of likely N-dealkylation sites (N-methyl/N-ethyl adjacent to an activating group) is 1. The van der Waals surface area contributed by atoms with E-state index in [0.717, 1.165) is 33.0 Å². The van der Waals surface area contributed by atoms with Crippen molar-refractivity contribution in [1.29, 1.82) is 0 Å². The Labute approximate surface area is 275 Å². The average Bonchev–Trinajstić information content (AvgIpc) is 3.12. The zero-order valence-electron chi connectivity index (χ0n) is 26.0. The van der Waals surface area contributed by atoms with E-state index in [4.69, 9.17) is 0 Å². The maximum atomic E-state index is 13.2. The van der Waals surface area contributed by atoms with Crippen molar-refractivity contribution in [2.75, 3.05) is 33.2 Å². The summed E-state index contributed by atoms with van der Waals surface area (Å²) in [4.78, 5) is 63.8. The summed E-state index contributed by atoms with van der Waals surface area (Å²) in [6.45, 7) is 1.86. The molecule has 2 aliphatic rings.